The summed E-state index contributed by atoms with van der Waals surface area (Å²) in [4.78, 5) is 28.3. The van der Waals surface area contributed by atoms with Crippen LogP contribution in [0.5, 0.6) is 0 Å². The van der Waals surface area contributed by atoms with Crippen molar-refractivity contribution in [3.8, 4) is 0 Å². The number of benzene rings is 2. The minimum absolute atomic E-state index is 0.0464. The lowest BCUT2D eigenvalue weighted by Crippen LogP contribution is -2.49. The molecule has 2 aromatic rings. The van der Waals surface area contributed by atoms with E-state index in [9.17, 15) is 9.59 Å². The fourth-order valence-corrected chi connectivity index (χ4v) is 5.37. The number of carbonyl (C=O) groups excluding carboxylic acids is 2. The number of likely N-dealkylation sites (tertiary alicyclic amines) is 1. The minimum atomic E-state index is -2.24. The van der Waals surface area contributed by atoms with E-state index in [0.29, 0.717) is 18.5 Å². The van der Waals surface area contributed by atoms with Gasteiger partial charge in [-0.25, -0.2) is 9.59 Å². The van der Waals surface area contributed by atoms with Crippen molar-refractivity contribution in [2.75, 3.05) is 6.54 Å². The van der Waals surface area contributed by atoms with Crippen LogP contribution in [0.15, 0.2) is 60.7 Å². The largest absolute Gasteiger partial charge is 0.454 e. The van der Waals surface area contributed by atoms with Crippen molar-refractivity contribution in [2.24, 2.45) is 0 Å². The number of carbonyl (C=O) groups is 2. The summed E-state index contributed by atoms with van der Waals surface area (Å²) in [6, 6.07) is 18.5. The van der Waals surface area contributed by atoms with E-state index in [4.69, 9.17) is 13.9 Å². The lowest BCUT2D eigenvalue weighted by atomic mass is 10.0. The second-order valence-electron chi connectivity index (χ2n) is 12.0. The molecule has 0 unspecified atom stereocenters. The predicted molar refractivity (Wildman–Crippen MR) is 145 cm³/mol. The molecule has 0 bridgehead atoms. The topological polar surface area (TPSA) is 65.1 Å². The number of amides is 1. The molecule has 0 aliphatic carbocycles. The second kappa shape index (κ2) is 10.8. The Bertz CT molecular complexity index is 1030. The Balaban J connectivity index is 2.00. The van der Waals surface area contributed by atoms with Crippen LogP contribution in [0.2, 0.25) is 18.1 Å². The molecule has 1 heterocycles. The van der Waals surface area contributed by atoms with Crippen molar-refractivity contribution in [3.05, 3.63) is 71.8 Å². The number of esters is 1. The van der Waals surface area contributed by atoms with Crippen molar-refractivity contribution in [1.29, 1.82) is 0 Å². The Hall–Kier alpha value is -2.64. The van der Waals surface area contributed by atoms with Crippen LogP contribution < -0.4 is 0 Å². The standard InChI is InChI=1S/C29H41NO5Si/c1-28(2,3)34-27(32)30-20-24(35-36(7,8)29(4,5)6)25(23(30)19-21-15-11-9-12-16-21)33-26(31)22-17-13-10-14-18-22/h9-18,23-25H,19-20H2,1-8H3/t23-,24+,25+/m1/s1. The van der Waals surface area contributed by atoms with E-state index in [1.165, 1.54) is 0 Å². The zero-order valence-electron chi connectivity index (χ0n) is 22.9. The fourth-order valence-electron chi connectivity index (χ4n) is 4.05. The molecule has 0 radical (unpaired) electrons. The van der Waals surface area contributed by atoms with Gasteiger partial charge in [0.1, 0.15) is 17.8 Å². The monoisotopic (exact) mass is 511 g/mol. The van der Waals surface area contributed by atoms with Gasteiger partial charge >= 0.3 is 12.1 Å². The molecule has 0 saturated carbocycles. The summed E-state index contributed by atoms with van der Waals surface area (Å²) >= 11 is 0. The van der Waals surface area contributed by atoms with Crippen molar-refractivity contribution in [2.45, 2.75) is 89.9 Å². The Morgan fingerprint density at radius 2 is 1.47 bits per heavy atom. The number of ether oxygens (including phenoxy) is 2. The van der Waals surface area contributed by atoms with Crippen LogP contribution in [-0.2, 0) is 20.3 Å². The first kappa shape index (κ1) is 27.9. The van der Waals surface area contributed by atoms with Gasteiger partial charge in [-0.15, -0.1) is 0 Å². The molecular weight excluding hydrogens is 470 g/mol. The molecule has 7 heteroatoms. The van der Waals surface area contributed by atoms with Gasteiger partial charge in [0.2, 0.25) is 0 Å². The van der Waals surface area contributed by atoms with E-state index >= 15 is 0 Å². The normalized spacial score (nSPS) is 20.8. The highest BCUT2D eigenvalue weighted by Crippen LogP contribution is 2.40. The van der Waals surface area contributed by atoms with Crippen molar-refractivity contribution in [3.63, 3.8) is 0 Å². The smallest absolute Gasteiger partial charge is 0.410 e. The molecule has 3 atom stereocenters. The average molecular weight is 512 g/mol. The SMILES string of the molecule is CC(C)(C)OC(=O)N1C[C@H](O[Si](C)(C)C(C)(C)C)[C@@H](OC(=O)c2ccccc2)[C@H]1Cc1ccccc1. The van der Waals surface area contributed by atoms with Crippen LogP contribution >= 0.6 is 0 Å². The molecule has 0 N–H and O–H groups in total. The van der Waals surface area contributed by atoms with Gasteiger partial charge in [-0.3, -0.25) is 4.90 Å². The van der Waals surface area contributed by atoms with Crippen molar-refractivity contribution >= 4 is 20.4 Å². The van der Waals surface area contributed by atoms with Gasteiger partial charge in [-0.2, -0.15) is 0 Å². The molecule has 2 aromatic carbocycles. The van der Waals surface area contributed by atoms with E-state index in [2.05, 4.69) is 33.9 Å². The number of nitrogens with zero attached hydrogens (tertiary/aromatic N) is 1. The Kier molecular flexibility index (Phi) is 8.36. The maximum atomic E-state index is 13.4. The third-order valence-corrected chi connectivity index (χ3v) is 11.4. The minimum Gasteiger partial charge on any atom is -0.454 e. The molecule has 1 aliphatic heterocycles. The maximum Gasteiger partial charge on any atom is 0.410 e. The highest BCUT2D eigenvalue weighted by Gasteiger charge is 2.51. The van der Waals surface area contributed by atoms with Crippen molar-refractivity contribution < 1.29 is 23.5 Å². The molecule has 3 rings (SSSR count). The molecule has 1 fully saturated rings. The zero-order chi connectivity index (χ0) is 26.7. The Labute approximate surface area is 217 Å². The molecule has 1 aliphatic rings. The molecule has 1 saturated heterocycles. The maximum absolute atomic E-state index is 13.4. The molecule has 1 amide bonds. The highest BCUT2D eigenvalue weighted by molar-refractivity contribution is 6.74. The highest BCUT2D eigenvalue weighted by atomic mass is 28.4. The van der Waals surface area contributed by atoms with Crippen LogP contribution in [0.4, 0.5) is 4.79 Å². The predicted octanol–water partition coefficient (Wildman–Crippen LogP) is 6.46. The first-order valence-corrected chi connectivity index (χ1v) is 15.6. The summed E-state index contributed by atoms with van der Waals surface area (Å²) in [6.45, 7) is 16.7. The van der Waals surface area contributed by atoms with Gasteiger partial charge in [0.15, 0.2) is 8.32 Å². The van der Waals surface area contributed by atoms with E-state index in [1.807, 2.05) is 69.3 Å². The van der Waals surface area contributed by atoms with Gasteiger partial charge in [-0.1, -0.05) is 69.3 Å². The van der Waals surface area contributed by atoms with Gasteiger partial charge in [-0.05, 0) is 63.0 Å². The van der Waals surface area contributed by atoms with Gasteiger partial charge in [0.25, 0.3) is 0 Å². The Morgan fingerprint density at radius 3 is 2.00 bits per heavy atom. The third-order valence-electron chi connectivity index (χ3n) is 6.94. The quantitative estimate of drug-likeness (QED) is 0.329. The van der Waals surface area contributed by atoms with Crippen LogP contribution in [0.25, 0.3) is 0 Å². The number of hydrogen-bond acceptors (Lipinski definition) is 5. The van der Waals surface area contributed by atoms with Crippen LogP contribution in [0, 0.1) is 0 Å². The summed E-state index contributed by atoms with van der Waals surface area (Å²) in [5, 5.41) is -0.0464. The van der Waals surface area contributed by atoms with Gasteiger partial charge < -0.3 is 13.9 Å². The number of rotatable bonds is 6. The van der Waals surface area contributed by atoms with Crippen LogP contribution in [-0.4, -0.2) is 55.7 Å². The van der Waals surface area contributed by atoms with Gasteiger partial charge in [0, 0.05) is 0 Å². The summed E-state index contributed by atoms with van der Waals surface area (Å²) < 4.78 is 18.8. The zero-order valence-corrected chi connectivity index (χ0v) is 23.9. The lowest BCUT2D eigenvalue weighted by molar-refractivity contribution is -0.0108. The second-order valence-corrected chi connectivity index (χ2v) is 16.8. The lowest BCUT2D eigenvalue weighted by Gasteiger charge is -2.39. The fraction of sp³-hybridized carbons (Fsp3) is 0.517. The summed E-state index contributed by atoms with van der Waals surface area (Å²) in [5.74, 6) is -0.423. The molecule has 0 aromatic heterocycles. The molecule has 0 spiro atoms. The molecule has 196 valence electrons. The van der Waals surface area contributed by atoms with Gasteiger partial charge in [0.05, 0.1) is 18.2 Å². The van der Waals surface area contributed by atoms with E-state index in [0.717, 1.165) is 5.56 Å². The Morgan fingerprint density at radius 1 is 0.917 bits per heavy atom. The first-order valence-electron chi connectivity index (χ1n) is 12.7. The third kappa shape index (κ3) is 6.98. The summed E-state index contributed by atoms with van der Waals surface area (Å²) in [5.41, 5.74) is 0.866. The van der Waals surface area contributed by atoms with E-state index in [1.54, 1.807) is 17.0 Å². The number of hydrogen-bond donors (Lipinski definition) is 0. The summed E-state index contributed by atoms with van der Waals surface area (Å²) in [6.07, 6.45) is -1.01. The van der Waals surface area contributed by atoms with Crippen LogP contribution in [0.1, 0.15) is 57.5 Å². The van der Waals surface area contributed by atoms with E-state index < -0.39 is 44.2 Å². The molecule has 6 nitrogen and oxygen atoms in total. The van der Waals surface area contributed by atoms with E-state index in [-0.39, 0.29) is 5.04 Å². The van der Waals surface area contributed by atoms with Crippen molar-refractivity contribution in [1.82, 2.24) is 4.90 Å². The van der Waals surface area contributed by atoms with Crippen LogP contribution in [0.3, 0.4) is 0 Å². The molecule has 36 heavy (non-hydrogen) atoms. The first-order chi connectivity index (χ1) is 16.7. The summed E-state index contributed by atoms with van der Waals surface area (Å²) in [7, 11) is -2.24. The average Bonchev–Trinajstić information content (AvgIpc) is 3.09. The molecular formula is C29H41NO5Si.